The van der Waals surface area contributed by atoms with E-state index in [9.17, 15) is 19.3 Å². The van der Waals surface area contributed by atoms with Crippen molar-refractivity contribution < 1.29 is 14.1 Å². The third-order valence-electron chi connectivity index (χ3n) is 6.45. The predicted molar refractivity (Wildman–Crippen MR) is 156 cm³/mol. The number of carbonyl (C=O) groups excluding carboxylic acids is 1. The van der Waals surface area contributed by atoms with Gasteiger partial charge < -0.3 is 5.32 Å². The summed E-state index contributed by atoms with van der Waals surface area (Å²) in [4.78, 5) is 24.1. The minimum Gasteiger partial charge on any atom is -0.342 e. The van der Waals surface area contributed by atoms with Crippen molar-refractivity contribution in [2.45, 2.75) is 30.3 Å². The molecule has 8 nitrogen and oxygen atoms in total. The van der Waals surface area contributed by atoms with Crippen molar-refractivity contribution in [1.29, 1.82) is 0 Å². The van der Waals surface area contributed by atoms with Crippen molar-refractivity contribution in [2.75, 3.05) is 0 Å². The zero-order valence-corrected chi connectivity index (χ0v) is 22.9. The molecule has 0 fully saturated rings. The lowest BCUT2D eigenvalue weighted by Crippen LogP contribution is -2.32. The predicted octanol–water partition coefficient (Wildman–Crippen LogP) is 6.63. The molecule has 1 unspecified atom stereocenters. The molecule has 0 saturated carbocycles. The Bertz CT molecular complexity index is 1680. The van der Waals surface area contributed by atoms with Crippen LogP contribution in [0.3, 0.4) is 0 Å². The number of benzene rings is 4. The number of rotatable bonds is 10. The van der Waals surface area contributed by atoms with Gasteiger partial charge in [0.1, 0.15) is 5.82 Å². The molecule has 0 aliphatic heterocycles. The van der Waals surface area contributed by atoms with Crippen LogP contribution < -0.4 is 5.32 Å². The number of nitro benzene ring substituents is 1. The number of nitro groups is 1. The van der Waals surface area contributed by atoms with Crippen molar-refractivity contribution in [3.8, 4) is 5.69 Å². The number of nitrogens with one attached hydrogen (secondary N) is 1. The highest BCUT2D eigenvalue weighted by molar-refractivity contribution is 7.98. The van der Waals surface area contributed by atoms with E-state index < -0.39 is 22.7 Å². The third kappa shape index (κ3) is 6.67. The van der Waals surface area contributed by atoms with Crippen LogP contribution in [-0.2, 0) is 12.2 Å². The highest BCUT2D eigenvalue weighted by Crippen LogP contribution is 2.30. The number of nitrogens with zero attached hydrogens (tertiary/aromatic N) is 4. The van der Waals surface area contributed by atoms with Crippen LogP contribution in [0.4, 0.5) is 10.1 Å². The highest BCUT2D eigenvalue weighted by Gasteiger charge is 2.26. The Kier molecular flexibility index (Phi) is 8.50. The summed E-state index contributed by atoms with van der Waals surface area (Å²) in [5.41, 5.74) is 3.63. The number of aryl methyl sites for hydroxylation is 1. The van der Waals surface area contributed by atoms with E-state index in [0.717, 1.165) is 16.7 Å². The van der Waals surface area contributed by atoms with Crippen LogP contribution >= 0.6 is 11.8 Å². The molecule has 206 valence electrons. The number of amides is 1. The van der Waals surface area contributed by atoms with Gasteiger partial charge in [-0.3, -0.25) is 19.5 Å². The molecule has 0 spiro atoms. The Morgan fingerprint density at radius 3 is 2.37 bits per heavy atom. The quantitative estimate of drug-likeness (QED) is 0.115. The first-order valence-corrected chi connectivity index (χ1v) is 13.9. The minimum atomic E-state index is -0.694. The smallest absolute Gasteiger partial charge is 0.269 e. The molecule has 1 heterocycles. The second kappa shape index (κ2) is 12.6. The number of halogens is 1. The van der Waals surface area contributed by atoms with Gasteiger partial charge in [-0.2, -0.15) is 0 Å². The second-order valence-electron chi connectivity index (χ2n) is 9.42. The summed E-state index contributed by atoms with van der Waals surface area (Å²) in [5, 5.41) is 23.8. The van der Waals surface area contributed by atoms with E-state index in [0.29, 0.717) is 28.8 Å². The first-order valence-electron chi connectivity index (χ1n) is 12.9. The normalized spacial score (nSPS) is 11.7. The summed E-state index contributed by atoms with van der Waals surface area (Å²) in [5.74, 6) is -0.192. The van der Waals surface area contributed by atoms with Gasteiger partial charge in [-0.25, -0.2) is 4.39 Å². The van der Waals surface area contributed by atoms with Crippen LogP contribution in [0.1, 0.15) is 38.9 Å². The molecule has 1 amide bonds. The van der Waals surface area contributed by atoms with Crippen LogP contribution in [-0.4, -0.2) is 25.6 Å². The molecule has 0 radical (unpaired) electrons. The maximum absolute atomic E-state index is 14.5. The lowest BCUT2D eigenvalue weighted by atomic mass is 10.0. The molecule has 0 aliphatic rings. The van der Waals surface area contributed by atoms with E-state index in [2.05, 4.69) is 21.6 Å². The standard InChI is InChI=1S/C31H26FN5O3S/c1-21-8-7-11-23(18-21)20-41-31-35-34-29(36(31)24-14-16-25(17-15-24)37(39)40)28(19-22-9-3-2-4-10-22)33-30(38)26-12-5-6-13-27(26)32/h2-18,28H,19-20H2,1H3,(H,33,38). The molecule has 1 aromatic heterocycles. The summed E-state index contributed by atoms with van der Waals surface area (Å²) in [7, 11) is 0. The fraction of sp³-hybridized carbons (Fsp3) is 0.129. The van der Waals surface area contributed by atoms with Gasteiger partial charge >= 0.3 is 0 Å². The fourth-order valence-corrected chi connectivity index (χ4v) is 5.36. The van der Waals surface area contributed by atoms with Gasteiger partial charge in [0, 0.05) is 23.6 Å². The van der Waals surface area contributed by atoms with Crippen molar-refractivity contribution in [3.05, 3.63) is 147 Å². The van der Waals surface area contributed by atoms with Crippen molar-refractivity contribution in [3.63, 3.8) is 0 Å². The Balaban J connectivity index is 1.56. The van der Waals surface area contributed by atoms with Gasteiger partial charge in [0.15, 0.2) is 11.0 Å². The van der Waals surface area contributed by atoms with Crippen molar-refractivity contribution in [1.82, 2.24) is 20.1 Å². The molecule has 41 heavy (non-hydrogen) atoms. The summed E-state index contributed by atoms with van der Waals surface area (Å²) < 4.78 is 16.3. The van der Waals surface area contributed by atoms with Gasteiger partial charge in [-0.1, -0.05) is 84.1 Å². The summed E-state index contributed by atoms with van der Waals surface area (Å²) >= 11 is 1.46. The summed E-state index contributed by atoms with van der Waals surface area (Å²) in [6.45, 7) is 2.03. The zero-order chi connectivity index (χ0) is 28.8. The Morgan fingerprint density at radius 2 is 1.66 bits per heavy atom. The van der Waals surface area contributed by atoms with E-state index >= 15 is 0 Å². The number of aromatic nitrogens is 3. The number of carbonyl (C=O) groups is 1. The second-order valence-corrected chi connectivity index (χ2v) is 10.4. The van der Waals surface area contributed by atoms with Gasteiger partial charge in [0.05, 0.1) is 16.5 Å². The van der Waals surface area contributed by atoms with Crippen LogP contribution in [0.15, 0.2) is 108 Å². The lowest BCUT2D eigenvalue weighted by Gasteiger charge is -2.20. The van der Waals surface area contributed by atoms with E-state index in [1.807, 2.05) is 55.5 Å². The van der Waals surface area contributed by atoms with Crippen LogP contribution in [0, 0.1) is 22.9 Å². The zero-order valence-electron chi connectivity index (χ0n) is 22.1. The first-order chi connectivity index (χ1) is 19.9. The average molecular weight is 568 g/mol. The first kappa shape index (κ1) is 27.7. The molecule has 4 aromatic carbocycles. The third-order valence-corrected chi connectivity index (χ3v) is 7.45. The summed E-state index contributed by atoms with van der Waals surface area (Å²) in [6.07, 6.45) is 0.356. The highest BCUT2D eigenvalue weighted by atomic mass is 32.2. The van der Waals surface area contributed by atoms with E-state index in [1.54, 1.807) is 22.8 Å². The maximum atomic E-state index is 14.5. The van der Waals surface area contributed by atoms with E-state index in [4.69, 9.17) is 0 Å². The topological polar surface area (TPSA) is 103 Å². The molecule has 0 saturated heterocycles. The SMILES string of the molecule is Cc1cccc(CSc2nnc(C(Cc3ccccc3)NC(=O)c3ccccc3F)n2-c2ccc([N+](=O)[O-])cc2)c1. The van der Waals surface area contributed by atoms with Gasteiger partial charge in [0.2, 0.25) is 0 Å². The molecular formula is C31H26FN5O3S. The van der Waals surface area contributed by atoms with Gasteiger partial charge in [-0.15, -0.1) is 10.2 Å². The number of thioether (sulfide) groups is 1. The number of hydrogen-bond acceptors (Lipinski definition) is 6. The van der Waals surface area contributed by atoms with Crippen molar-refractivity contribution >= 4 is 23.4 Å². The fourth-order valence-electron chi connectivity index (χ4n) is 4.45. The molecule has 1 atom stereocenters. The molecule has 0 bridgehead atoms. The minimum absolute atomic E-state index is 0.0500. The van der Waals surface area contributed by atoms with Crippen LogP contribution in [0.25, 0.3) is 5.69 Å². The molecule has 0 aliphatic carbocycles. The molecule has 1 N–H and O–H groups in total. The van der Waals surface area contributed by atoms with Crippen LogP contribution in [0.2, 0.25) is 0 Å². The molecule has 5 rings (SSSR count). The Hall–Kier alpha value is -4.83. The monoisotopic (exact) mass is 567 g/mol. The van der Waals surface area contributed by atoms with Gasteiger partial charge in [-0.05, 0) is 48.7 Å². The maximum Gasteiger partial charge on any atom is 0.269 e. The molecule has 5 aromatic rings. The Morgan fingerprint density at radius 1 is 0.951 bits per heavy atom. The number of non-ortho nitro benzene ring substituents is 1. The van der Waals surface area contributed by atoms with E-state index in [1.165, 1.54) is 42.1 Å². The van der Waals surface area contributed by atoms with Crippen LogP contribution in [0.5, 0.6) is 0 Å². The summed E-state index contributed by atoms with van der Waals surface area (Å²) in [6, 6.07) is 28.9. The molecule has 10 heteroatoms. The lowest BCUT2D eigenvalue weighted by molar-refractivity contribution is -0.384. The number of hydrogen-bond donors (Lipinski definition) is 1. The van der Waals surface area contributed by atoms with E-state index in [-0.39, 0.29) is 11.3 Å². The Labute approximate surface area is 240 Å². The largest absolute Gasteiger partial charge is 0.342 e. The van der Waals surface area contributed by atoms with Crippen molar-refractivity contribution in [2.24, 2.45) is 0 Å². The van der Waals surface area contributed by atoms with Gasteiger partial charge in [0.25, 0.3) is 11.6 Å². The average Bonchev–Trinajstić information content (AvgIpc) is 3.40. The molecular weight excluding hydrogens is 541 g/mol.